The standard InChI is InChI=1S/C14H21BrN2O/c1-9-8-17(6-5-14(9)18)11-3-4-12(10(2)16)13(15)7-11/h3-4,7,9-10,14,18H,5-6,8,16H2,1-2H3. The number of aliphatic hydroxyl groups is 1. The van der Waals surface area contributed by atoms with Crippen LogP contribution in [0.4, 0.5) is 5.69 Å². The van der Waals surface area contributed by atoms with E-state index < -0.39 is 0 Å². The van der Waals surface area contributed by atoms with Gasteiger partial charge in [0.1, 0.15) is 0 Å². The van der Waals surface area contributed by atoms with Crippen LogP contribution >= 0.6 is 15.9 Å². The summed E-state index contributed by atoms with van der Waals surface area (Å²) >= 11 is 3.59. The lowest BCUT2D eigenvalue weighted by atomic mass is 9.96. The molecule has 1 aliphatic rings. The molecule has 3 unspecified atom stereocenters. The fourth-order valence-corrected chi connectivity index (χ4v) is 3.18. The van der Waals surface area contributed by atoms with Gasteiger partial charge < -0.3 is 15.7 Å². The van der Waals surface area contributed by atoms with Crippen molar-refractivity contribution in [3.8, 4) is 0 Å². The Labute approximate surface area is 117 Å². The van der Waals surface area contributed by atoms with Crippen LogP contribution in [0.15, 0.2) is 22.7 Å². The first-order valence-electron chi connectivity index (χ1n) is 6.47. The highest BCUT2D eigenvalue weighted by Gasteiger charge is 2.24. The van der Waals surface area contributed by atoms with E-state index in [2.05, 4.69) is 46.0 Å². The molecule has 0 aliphatic carbocycles. The molecular weight excluding hydrogens is 292 g/mol. The van der Waals surface area contributed by atoms with Gasteiger partial charge >= 0.3 is 0 Å². The second-order valence-electron chi connectivity index (χ2n) is 5.27. The van der Waals surface area contributed by atoms with Crippen LogP contribution in [-0.2, 0) is 0 Å². The van der Waals surface area contributed by atoms with Gasteiger partial charge in [-0.1, -0.05) is 28.9 Å². The molecule has 0 radical (unpaired) electrons. The number of halogens is 1. The molecule has 2 rings (SSSR count). The van der Waals surface area contributed by atoms with E-state index in [4.69, 9.17) is 5.73 Å². The van der Waals surface area contributed by atoms with Crippen molar-refractivity contribution in [2.75, 3.05) is 18.0 Å². The van der Waals surface area contributed by atoms with Gasteiger partial charge in [-0.25, -0.2) is 0 Å². The zero-order chi connectivity index (χ0) is 13.3. The minimum Gasteiger partial charge on any atom is -0.393 e. The second-order valence-corrected chi connectivity index (χ2v) is 6.13. The van der Waals surface area contributed by atoms with Crippen LogP contribution in [0.2, 0.25) is 0 Å². The van der Waals surface area contributed by atoms with Crippen LogP contribution in [-0.4, -0.2) is 24.3 Å². The van der Waals surface area contributed by atoms with Crippen molar-refractivity contribution in [1.29, 1.82) is 0 Å². The average Bonchev–Trinajstić information content (AvgIpc) is 2.32. The highest BCUT2D eigenvalue weighted by Crippen LogP contribution is 2.29. The van der Waals surface area contributed by atoms with E-state index >= 15 is 0 Å². The van der Waals surface area contributed by atoms with E-state index in [1.54, 1.807) is 0 Å². The molecule has 3 atom stereocenters. The molecule has 1 aromatic rings. The summed E-state index contributed by atoms with van der Waals surface area (Å²) in [4.78, 5) is 2.33. The first-order chi connectivity index (χ1) is 8.49. The van der Waals surface area contributed by atoms with Gasteiger partial charge in [0.15, 0.2) is 0 Å². The molecule has 1 saturated heterocycles. The van der Waals surface area contributed by atoms with Crippen molar-refractivity contribution in [3.63, 3.8) is 0 Å². The summed E-state index contributed by atoms with van der Waals surface area (Å²) in [7, 11) is 0. The Morgan fingerprint density at radius 2 is 2.22 bits per heavy atom. The summed E-state index contributed by atoms with van der Waals surface area (Å²) in [5.41, 5.74) is 8.23. The minimum absolute atomic E-state index is 0.0375. The summed E-state index contributed by atoms with van der Waals surface area (Å²) in [6.45, 7) is 5.90. The Morgan fingerprint density at radius 3 is 2.78 bits per heavy atom. The smallest absolute Gasteiger partial charge is 0.0599 e. The van der Waals surface area contributed by atoms with Crippen LogP contribution in [0.25, 0.3) is 0 Å². The molecule has 1 aromatic carbocycles. The van der Waals surface area contributed by atoms with Gasteiger partial charge in [-0.3, -0.25) is 0 Å². The Hall–Kier alpha value is -0.580. The van der Waals surface area contributed by atoms with Crippen molar-refractivity contribution in [1.82, 2.24) is 0 Å². The van der Waals surface area contributed by atoms with Crippen LogP contribution in [0.1, 0.15) is 31.9 Å². The SMILES string of the molecule is CC(N)c1ccc(N2CCC(O)C(C)C2)cc1Br. The minimum atomic E-state index is -0.159. The fourth-order valence-electron chi connectivity index (χ4n) is 2.45. The molecule has 1 aliphatic heterocycles. The van der Waals surface area contributed by atoms with Crippen molar-refractivity contribution in [2.45, 2.75) is 32.4 Å². The van der Waals surface area contributed by atoms with Crippen LogP contribution in [0.5, 0.6) is 0 Å². The van der Waals surface area contributed by atoms with Gasteiger partial charge in [-0.05, 0) is 37.0 Å². The normalized spacial score (nSPS) is 26.2. The van der Waals surface area contributed by atoms with Gasteiger partial charge in [0.2, 0.25) is 0 Å². The first-order valence-corrected chi connectivity index (χ1v) is 7.26. The summed E-state index contributed by atoms with van der Waals surface area (Å²) in [6, 6.07) is 6.37. The third kappa shape index (κ3) is 2.87. The van der Waals surface area contributed by atoms with Gasteiger partial charge in [0, 0.05) is 29.3 Å². The lowest BCUT2D eigenvalue weighted by Crippen LogP contribution is -2.41. The topological polar surface area (TPSA) is 49.5 Å². The summed E-state index contributed by atoms with van der Waals surface area (Å²) in [6.07, 6.45) is 0.682. The average molecular weight is 313 g/mol. The van der Waals surface area contributed by atoms with E-state index in [0.717, 1.165) is 29.5 Å². The van der Waals surface area contributed by atoms with Crippen molar-refractivity contribution in [2.24, 2.45) is 11.7 Å². The third-order valence-corrected chi connectivity index (χ3v) is 4.39. The fraction of sp³-hybridized carbons (Fsp3) is 0.571. The Morgan fingerprint density at radius 1 is 1.50 bits per heavy atom. The van der Waals surface area contributed by atoms with E-state index in [-0.39, 0.29) is 12.1 Å². The maximum Gasteiger partial charge on any atom is 0.0599 e. The molecule has 0 bridgehead atoms. The van der Waals surface area contributed by atoms with E-state index in [9.17, 15) is 5.11 Å². The zero-order valence-electron chi connectivity index (χ0n) is 10.9. The van der Waals surface area contributed by atoms with Gasteiger partial charge in [-0.15, -0.1) is 0 Å². The first kappa shape index (κ1) is 13.8. The number of piperidine rings is 1. The van der Waals surface area contributed by atoms with Crippen molar-refractivity contribution in [3.05, 3.63) is 28.2 Å². The quantitative estimate of drug-likeness (QED) is 0.882. The second kappa shape index (κ2) is 5.59. The van der Waals surface area contributed by atoms with Crippen molar-refractivity contribution >= 4 is 21.6 Å². The number of aliphatic hydroxyl groups excluding tert-OH is 1. The molecule has 18 heavy (non-hydrogen) atoms. The van der Waals surface area contributed by atoms with E-state index in [0.29, 0.717) is 5.92 Å². The van der Waals surface area contributed by atoms with E-state index in [1.165, 1.54) is 5.69 Å². The number of nitrogens with zero attached hydrogens (tertiary/aromatic N) is 1. The lowest BCUT2D eigenvalue weighted by Gasteiger charge is -2.36. The molecule has 0 saturated carbocycles. The monoisotopic (exact) mass is 312 g/mol. The van der Waals surface area contributed by atoms with Crippen LogP contribution in [0.3, 0.4) is 0 Å². The summed E-state index contributed by atoms with van der Waals surface area (Å²) in [5.74, 6) is 0.325. The molecule has 4 heteroatoms. The summed E-state index contributed by atoms with van der Waals surface area (Å²) in [5, 5.41) is 9.76. The summed E-state index contributed by atoms with van der Waals surface area (Å²) < 4.78 is 1.06. The van der Waals surface area contributed by atoms with Gasteiger partial charge in [0.25, 0.3) is 0 Å². The van der Waals surface area contributed by atoms with E-state index in [1.807, 2.05) is 6.92 Å². The molecule has 1 heterocycles. The highest BCUT2D eigenvalue weighted by atomic mass is 79.9. The third-order valence-electron chi connectivity index (χ3n) is 3.70. The maximum atomic E-state index is 9.76. The largest absolute Gasteiger partial charge is 0.393 e. The molecule has 0 spiro atoms. The molecule has 1 fully saturated rings. The Kier molecular flexibility index (Phi) is 4.30. The predicted molar refractivity (Wildman–Crippen MR) is 78.7 cm³/mol. The van der Waals surface area contributed by atoms with Gasteiger partial charge in [0.05, 0.1) is 6.10 Å². The van der Waals surface area contributed by atoms with Crippen LogP contribution < -0.4 is 10.6 Å². The molecule has 0 aromatic heterocycles. The predicted octanol–water partition coefficient (Wildman–Crippen LogP) is 2.68. The number of hydrogen-bond acceptors (Lipinski definition) is 3. The molecule has 100 valence electrons. The van der Waals surface area contributed by atoms with Crippen molar-refractivity contribution < 1.29 is 5.11 Å². The zero-order valence-corrected chi connectivity index (χ0v) is 12.5. The van der Waals surface area contributed by atoms with Crippen LogP contribution in [0, 0.1) is 5.92 Å². The number of nitrogens with two attached hydrogens (primary N) is 1. The highest BCUT2D eigenvalue weighted by molar-refractivity contribution is 9.10. The Balaban J connectivity index is 2.17. The Bertz CT molecular complexity index is 422. The number of hydrogen-bond donors (Lipinski definition) is 2. The van der Waals surface area contributed by atoms with Gasteiger partial charge in [-0.2, -0.15) is 0 Å². The molecular formula is C14H21BrN2O. The number of benzene rings is 1. The molecule has 3 nitrogen and oxygen atoms in total. The lowest BCUT2D eigenvalue weighted by molar-refractivity contribution is 0.0971. The number of rotatable bonds is 2. The maximum absolute atomic E-state index is 9.76. The number of anilines is 1. The molecule has 3 N–H and O–H groups in total. The molecule has 0 amide bonds.